The van der Waals surface area contributed by atoms with Gasteiger partial charge in [0.05, 0.1) is 31.3 Å². The minimum absolute atomic E-state index is 0.0879. The maximum atomic E-state index is 11.2. The smallest absolute Gasteiger partial charge is 0.396 e. The molecule has 0 saturated carbocycles. The van der Waals surface area contributed by atoms with Crippen molar-refractivity contribution >= 4 is 57.1 Å². The zero-order chi connectivity index (χ0) is 28.0. The van der Waals surface area contributed by atoms with Crippen LogP contribution in [0.5, 0.6) is 0 Å². The first-order chi connectivity index (χ1) is 19.3. The van der Waals surface area contributed by atoms with Crippen LogP contribution in [-0.2, 0) is 0 Å². The highest BCUT2D eigenvalue weighted by Crippen LogP contribution is 2.24. The van der Waals surface area contributed by atoms with E-state index in [1.54, 1.807) is 18.2 Å². The molecule has 0 fully saturated rings. The van der Waals surface area contributed by atoms with Gasteiger partial charge in [0.15, 0.2) is 0 Å². The molecular weight excluding hydrogens is 527 g/mol. The first kappa shape index (κ1) is 24.3. The second-order valence-electron chi connectivity index (χ2n) is 8.53. The van der Waals surface area contributed by atoms with Crippen LogP contribution >= 0.6 is 0 Å². The van der Waals surface area contributed by atoms with E-state index in [1.165, 1.54) is 87.4 Å². The summed E-state index contributed by atoms with van der Waals surface area (Å²) < 4.78 is 21.9. The van der Waals surface area contributed by atoms with Crippen LogP contribution in [0.3, 0.4) is 0 Å². The van der Waals surface area contributed by atoms with Crippen molar-refractivity contribution in [3.05, 3.63) is 122 Å². The summed E-state index contributed by atoms with van der Waals surface area (Å²) in [4.78, 5) is 32.0. The lowest BCUT2D eigenvalue weighted by molar-refractivity contribution is -0.384. The predicted octanol–water partition coefficient (Wildman–Crippen LogP) is 3.95. The van der Waals surface area contributed by atoms with Gasteiger partial charge in [0, 0.05) is 71.1 Å². The van der Waals surface area contributed by atoms with Crippen LogP contribution in [0.4, 0.5) is 17.1 Å². The van der Waals surface area contributed by atoms with Crippen LogP contribution in [0.25, 0.3) is 32.7 Å². The molecular formula is C24H15BN6O9. The van der Waals surface area contributed by atoms with Crippen molar-refractivity contribution in [1.82, 2.24) is 14.2 Å². The monoisotopic (exact) mass is 542 g/mol. The second kappa shape index (κ2) is 9.36. The summed E-state index contributed by atoms with van der Waals surface area (Å²) in [6.07, 6.45) is 4.59. The van der Waals surface area contributed by atoms with Crippen molar-refractivity contribution in [3.8, 4) is 0 Å². The van der Waals surface area contributed by atoms with E-state index < -0.39 is 22.1 Å². The molecule has 6 rings (SSSR count). The molecule has 0 N–H and O–H groups in total. The molecule has 0 spiro atoms. The normalized spacial score (nSPS) is 11.1. The zero-order valence-electron chi connectivity index (χ0n) is 20.1. The molecule has 0 unspecified atom stereocenters. The van der Waals surface area contributed by atoms with Crippen LogP contribution in [0.2, 0.25) is 0 Å². The fourth-order valence-electron chi connectivity index (χ4n) is 4.27. The number of non-ortho nitro benzene ring substituents is 3. The summed E-state index contributed by atoms with van der Waals surface area (Å²) in [6, 6.07) is 17.6. The Bertz CT molecular complexity index is 1740. The Labute approximate surface area is 222 Å². The van der Waals surface area contributed by atoms with E-state index in [-0.39, 0.29) is 17.1 Å². The van der Waals surface area contributed by atoms with E-state index in [0.717, 1.165) is 0 Å². The number of nitrogens with zero attached hydrogens (tertiary/aromatic N) is 6. The van der Waals surface area contributed by atoms with Gasteiger partial charge in [0.2, 0.25) is 0 Å². The van der Waals surface area contributed by atoms with Crippen LogP contribution in [-0.4, -0.2) is 36.3 Å². The minimum Gasteiger partial charge on any atom is -0.396 e. The van der Waals surface area contributed by atoms with E-state index in [4.69, 9.17) is 14.3 Å². The SMILES string of the molecule is O=[N+]([O-])c1ccc2c(ccn2OB(On2ccc3cc([N+](=O)[O-])ccc32)On2ccc3cc([N+](=O)[O-])ccc32)c1. The molecule has 0 bridgehead atoms. The van der Waals surface area contributed by atoms with Crippen molar-refractivity contribution in [3.63, 3.8) is 0 Å². The highest BCUT2D eigenvalue weighted by Gasteiger charge is 2.35. The third-order valence-electron chi connectivity index (χ3n) is 6.15. The first-order valence-electron chi connectivity index (χ1n) is 11.5. The lowest BCUT2D eigenvalue weighted by Crippen LogP contribution is -2.48. The molecule has 198 valence electrons. The molecule has 0 amide bonds. The summed E-state index contributed by atoms with van der Waals surface area (Å²) in [6.45, 7) is 0. The van der Waals surface area contributed by atoms with Gasteiger partial charge in [-0.1, -0.05) is 0 Å². The third-order valence-corrected chi connectivity index (χ3v) is 6.15. The number of hydrogen-bond donors (Lipinski definition) is 0. The lowest BCUT2D eigenvalue weighted by Gasteiger charge is -2.18. The van der Waals surface area contributed by atoms with Crippen molar-refractivity contribution in [2.24, 2.45) is 0 Å². The highest BCUT2D eigenvalue weighted by atomic mass is 16.9. The number of nitro benzene ring substituents is 3. The zero-order valence-corrected chi connectivity index (χ0v) is 20.1. The largest absolute Gasteiger partial charge is 0.926 e. The molecule has 40 heavy (non-hydrogen) atoms. The number of benzene rings is 3. The number of hydrogen-bond acceptors (Lipinski definition) is 9. The Morgan fingerprint density at radius 2 is 0.800 bits per heavy atom. The average Bonchev–Trinajstić information content (AvgIpc) is 3.65. The van der Waals surface area contributed by atoms with Gasteiger partial charge in [-0.3, -0.25) is 30.3 Å². The molecule has 3 aromatic heterocycles. The van der Waals surface area contributed by atoms with Gasteiger partial charge in [-0.25, -0.2) is 14.2 Å². The molecule has 6 aromatic rings. The van der Waals surface area contributed by atoms with Crippen LogP contribution in [0, 0.1) is 30.3 Å². The number of fused-ring (bicyclic) bond motifs is 3. The van der Waals surface area contributed by atoms with E-state index in [0.29, 0.717) is 32.7 Å². The Morgan fingerprint density at radius 3 is 1.07 bits per heavy atom. The minimum atomic E-state index is -1.48. The van der Waals surface area contributed by atoms with Crippen molar-refractivity contribution in [2.45, 2.75) is 0 Å². The quantitative estimate of drug-likeness (QED) is 0.149. The molecule has 0 aliphatic heterocycles. The van der Waals surface area contributed by atoms with Gasteiger partial charge in [-0.15, -0.1) is 0 Å². The first-order valence-corrected chi connectivity index (χ1v) is 11.5. The molecule has 0 saturated heterocycles. The number of nitro groups is 3. The predicted molar refractivity (Wildman–Crippen MR) is 141 cm³/mol. The van der Waals surface area contributed by atoms with Crippen LogP contribution < -0.4 is 14.3 Å². The molecule has 0 aliphatic rings. The van der Waals surface area contributed by atoms with Gasteiger partial charge in [0.25, 0.3) is 17.1 Å². The topological polar surface area (TPSA) is 172 Å². The summed E-state index contributed by atoms with van der Waals surface area (Å²) >= 11 is 0. The Hall–Kier alpha value is -6.06. The Kier molecular flexibility index (Phi) is 5.68. The molecule has 3 aromatic carbocycles. The second-order valence-corrected chi connectivity index (χ2v) is 8.53. The fourth-order valence-corrected chi connectivity index (χ4v) is 4.27. The Morgan fingerprint density at radius 1 is 0.500 bits per heavy atom. The van der Waals surface area contributed by atoms with Gasteiger partial charge in [0.1, 0.15) is 0 Å². The van der Waals surface area contributed by atoms with Gasteiger partial charge < -0.3 is 14.3 Å². The highest BCUT2D eigenvalue weighted by molar-refractivity contribution is 6.37. The van der Waals surface area contributed by atoms with Gasteiger partial charge in [-0.2, -0.15) is 0 Å². The van der Waals surface area contributed by atoms with E-state index in [2.05, 4.69) is 0 Å². The van der Waals surface area contributed by atoms with Crippen LogP contribution in [0.15, 0.2) is 91.4 Å². The number of aromatic nitrogens is 3. The summed E-state index contributed by atoms with van der Waals surface area (Å²) in [7, 11) is -1.48. The third kappa shape index (κ3) is 4.34. The van der Waals surface area contributed by atoms with Gasteiger partial charge in [-0.05, 0) is 36.4 Å². The van der Waals surface area contributed by atoms with E-state index in [1.807, 2.05) is 0 Å². The summed E-state index contributed by atoms with van der Waals surface area (Å²) in [5.74, 6) is 0. The summed E-state index contributed by atoms with van der Waals surface area (Å²) in [5, 5.41) is 35.1. The van der Waals surface area contributed by atoms with Crippen molar-refractivity contribution < 1.29 is 29.0 Å². The maximum absolute atomic E-state index is 11.2. The van der Waals surface area contributed by atoms with E-state index >= 15 is 0 Å². The molecule has 0 atom stereocenters. The molecule has 15 nitrogen and oxygen atoms in total. The molecule has 16 heteroatoms. The molecule has 3 heterocycles. The maximum Gasteiger partial charge on any atom is 0.926 e. The molecule has 0 aliphatic carbocycles. The number of rotatable bonds is 9. The fraction of sp³-hybridized carbons (Fsp3) is 0. The summed E-state index contributed by atoms with van der Waals surface area (Å²) in [5.41, 5.74) is 1.21. The lowest BCUT2D eigenvalue weighted by atomic mass is 10.2. The van der Waals surface area contributed by atoms with Crippen LogP contribution in [0.1, 0.15) is 0 Å². The van der Waals surface area contributed by atoms with Crippen molar-refractivity contribution in [2.75, 3.05) is 0 Å². The Balaban J connectivity index is 1.36. The molecule has 0 radical (unpaired) electrons. The van der Waals surface area contributed by atoms with E-state index in [9.17, 15) is 30.3 Å². The van der Waals surface area contributed by atoms with Crippen molar-refractivity contribution in [1.29, 1.82) is 0 Å². The van der Waals surface area contributed by atoms with Gasteiger partial charge >= 0.3 is 7.32 Å². The standard InChI is InChI=1S/C24H15BN6O9/c32-29(33)19-1-4-22-16(13-19)7-10-26(22)38-25(39-27-11-8-17-14-20(30(34)35)2-5-23(17)27)40-28-12-9-18-15-21(31(36)37)3-6-24(18)28/h1-15H. The average molecular weight is 542 g/mol.